The first-order valence-corrected chi connectivity index (χ1v) is 5.38. The van der Waals surface area contributed by atoms with Gasteiger partial charge in [-0.05, 0) is 37.1 Å². The van der Waals surface area contributed by atoms with Crippen LogP contribution in [0.1, 0.15) is 25.3 Å². The number of hydrogen-bond acceptors (Lipinski definition) is 2. The number of nitrogens with one attached hydrogen (secondary N) is 1. The van der Waals surface area contributed by atoms with Gasteiger partial charge in [0.1, 0.15) is 5.82 Å². The fraction of sp³-hybridized carbons (Fsp3) is 0.500. The second-order valence-electron chi connectivity index (χ2n) is 4.58. The third-order valence-electron chi connectivity index (χ3n) is 3.24. The summed E-state index contributed by atoms with van der Waals surface area (Å²) in [7, 11) is 0. The van der Waals surface area contributed by atoms with Gasteiger partial charge in [0.2, 0.25) is 0 Å². The van der Waals surface area contributed by atoms with Crippen molar-refractivity contribution in [2.45, 2.75) is 25.2 Å². The molecule has 1 unspecified atom stereocenters. The molecule has 1 aliphatic heterocycles. The number of halogens is 1. The number of nitrogen functional groups attached to an aromatic ring is 1. The smallest absolute Gasteiger partial charge is 0.129 e. The van der Waals surface area contributed by atoms with E-state index in [9.17, 15) is 4.39 Å². The van der Waals surface area contributed by atoms with Crippen molar-refractivity contribution < 1.29 is 4.39 Å². The molecule has 0 radical (unpaired) electrons. The van der Waals surface area contributed by atoms with Crippen LogP contribution in [-0.2, 0) is 5.41 Å². The largest absolute Gasteiger partial charge is 0.399 e. The molecule has 1 aromatic carbocycles. The molecule has 1 saturated heterocycles. The number of nitrogens with two attached hydrogens (primary N) is 1. The van der Waals surface area contributed by atoms with Gasteiger partial charge in [-0.3, -0.25) is 0 Å². The van der Waals surface area contributed by atoms with Gasteiger partial charge in [0, 0.05) is 17.6 Å². The molecule has 1 aliphatic rings. The quantitative estimate of drug-likeness (QED) is 0.693. The maximum atomic E-state index is 13.8. The summed E-state index contributed by atoms with van der Waals surface area (Å²) in [5, 5.41) is 3.32. The summed E-state index contributed by atoms with van der Waals surface area (Å²) >= 11 is 0. The molecule has 2 nitrogen and oxygen atoms in total. The molecule has 0 saturated carbocycles. The summed E-state index contributed by atoms with van der Waals surface area (Å²) < 4.78 is 13.8. The van der Waals surface area contributed by atoms with Crippen LogP contribution in [0.2, 0.25) is 0 Å². The molecule has 0 amide bonds. The predicted molar refractivity (Wildman–Crippen MR) is 60.3 cm³/mol. The number of hydrogen-bond donors (Lipinski definition) is 2. The summed E-state index contributed by atoms with van der Waals surface area (Å²) in [6.45, 7) is 3.98. The van der Waals surface area contributed by atoms with Crippen molar-refractivity contribution in [2.75, 3.05) is 18.8 Å². The summed E-state index contributed by atoms with van der Waals surface area (Å²) in [5.41, 5.74) is 6.73. The first-order chi connectivity index (χ1) is 7.12. The fourth-order valence-corrected chi connectivity index (χ4v) is 2.31. The molecule has 82 valence electrons. The van der Waals surface area contributed by atoms with Crippen LogP contribution in [0.4, 0.5) is 10.1 Å². The van der Waals surface area contributed by atoms with E-state index in [1.165, 1.54) is 6.07 Å². The van der Waals surface area contributed by atoms with E-state index in [1.54, 1.807) is 6.07 Å². The van der Waals surface area contributed by atoms with Crippen molar-refractivity contribution in [3.63, 3.8) is 0 Å². The van der Waals surface area contributed by atoms with E-state index in [0.29, 0.717) is 5.69 Å². The minimum atomic E-state index is -0.179. The molecule has 1 aromatic rings. The topological polar surface area (TPSA) is 38.0 Å². The van der Waals surface area contributed by atoms with Crippen molar-refractivity contribution in [2.24, 2.45) is 0 Å². The molecule has 0 aliphatic carbocycles. The second kappa shape index (κ2) is 3.81. The Hall–Kier alpha value is -1.09. The van der Waals surface area contributed by atoms with E-state index >= 15 is 0 Å². The Bertz CT molecular complexity index is 357. The van der Waals surface area contributed by atoms with Crippen LogP contribution < -0.4 is 11.1 Å². The molecule has 3 heteroatoms. The van der Waals surface area contributed by atoms with E-state index in [4.69, 9.17) is 5.73 Å². The highest BCUT2D eigenvalue weighted by atomic mass is 19.1. The number of piperidine rings is 1. The zero-order valence-electron chi connectivity index (χ0n) is 9.02. The Balaban J connectivity index is 2.35. The third-order valence-corrected chi connectivity index (χ3v) is 3.24. The maximum Gasteiger partial charge on any atom is 0.129 e. The molecule has 0 aromatic heterocycles. The highest BCUT2D eigenvalue weighted by Crippen LogP contribution is 2.32. The number of rotatable bonds is 1. The molecular weight excluding hydrogens is 191 g/mol. The van der Waals surface area contributed by atoms with E-state index < -0.39 is 0 Å². The zero-order valence-corrected chi connectivity index (χ0v) is 9.02. The molecular formula is C12H17FN2. The monoisotopic (exact) mass is 208 g/mol. The van der Waals surface area contributed by atoms with E-state index in [-0.39, 0.29) is 11.2 Å². The Morgan fingerprint density at radius 1 is 1.47 bits per heavy atom. The molecule has 15 heavy (non-hydrogen) atoms. The molecule has 3 N–H and O–H groups in total. The van der Waals surface area contributed by atoms with Crippen molar-refractivity contribution in [3.8, 4) is 0 Å². The van der Waals surface area contributed by atoms with Crippen LogP contribution in [-0.4, -0.2) is 13.1 Å². The molecule has 0 spiro atoms. The van der Waals surface area contributed by atoms with Gasteiger partial charge in [0.15, 0.2) is 0 Å². The third kappa shape index (κ3) is 1.97. The average molecular weight is 208 g/mol. The van der Waals surface area contributed by atoms with E-state index in [0.717, 1.165) is 31.5 Å². The zero-order chi connectivity index (χ0) is 10.9. The number of benzene rings is 1. The first kappa shape index (κ1) is 10.4. The minimum Gasteiger partial charge on any atom is -0.399 e. The lowest BCUT2D eigenvalue weighted by Gasteiger charge is -2.34. The van der Waals surface area contributed by atoms with E-state index in [1.807, 2.05) is 6.07 Å². The lowest BCUT2D eigenvalue weighted by Crippen LogP contribution is -2.41. The maximum absolute atomic E-state index is 13.8. The Morgan fingerprint density at radius 3 is 2.87 bits per heavy atom. The van der Waals surface area contributed by atoms with Crippen LogP contribution in [0, 0.1) is 5.82 Å². The van der Waals surface area contributed by atoms with Crippen molar-refractivity contribution in [3.05, 3.63) is 29.6 Å². The SMILES string of the molecule is CC1(c2ccc(N)cc2F)CCCNC1. The van der Waals surface area contributed by atoms with Crippen molar-refractivity contribution in [1.82, 2.24) is 5.32 Å². The van der Waals surface area contributed by atoms with Crippen LogP contribution >= 0.6 is 0 Å². The summed E-state index contributed by atoms with van der Waals surface area (Å²) in [6.07, 6.45) is 2.13. The molecule has 0 bridgehead atoms. The predicted octanol–water partition coefficient (Wildman–Crippen LogP) is 2.05. The van der Waals surface area contributed by atoms with Gasteiger partial charge in [-0.15, -0.1) is 0 Å². The van der Waals surface area contributed by atoms with Crippen molar-refractivity contribution in [1.29, 1.82) is 0 Å². The molecule has 1 fully saturated rings. The highest BCUT2D eigenvalue weighted by Gasteiger charge is 2.30. The molecule has 1 heterocycles. The summed E-state index contributed by atoms with van der Waals surface area (Å²) in [4.78, 5) is 0. The van der Waals surface area contributed by atoms with Gasteiger partial charge in [-0.2, -0.15) is 0 Å². The van der Waals surface area contributed by atoms with Crippen LogP contribution in [0.5, 0.6) is 0 Å². The van der Waals surface area contributed by atoms with Gasteiger partial charge >= 0.3 is 0 Å². The number of anilines is 1. The van der Waals surface area contributed by atoms with Gasteiger partial charge in [0.25, 0.3) is 0 Å². The lowest BCUT2D eigenvalue weighted by molar-refractivity contribution is 0.329. The molecule has 2 rings (SSSR count). The van der Waals surface area contributed by atoms with Gasteiger partial charge in [0.05, 0.1) is 0 Å². The fourth-order valence-electron chi connectivity index (χ4n) is 2.31. The highest BCUT2D eigenvalue weighted by molar-refractivity contribution is 5.42. The van der Waals surface area contributed by atoms with Crippen LogP contribution in [0.25, 0.3) is 0 Å². The first-order valence-electron chi connectivity index (χ1n) is 5.38. The summed E-state index contributed by atoms with van der Waals surface area (Å²) in [6, 6.07) is 5.01. The van der Waals surface area contributed by atoms with Gasteiger partial charge in [-0.1, -0.05) is 13.0 Å². The van der Waals surface area contributed by atoms with Crippen LogP contribution in [0.15, 0.2) is 18.2 Å². The summed E-state index contributed by atoms with van der Waals surface area (Å²) in [5.74, 6) is -0.179. The van der Waals surface area contributed by atoms with Crippen molar-refractivity contribution >= 4 is 5.69 Å². The van der Waals surface area contributed by atoms with E-state index in [2.05, 4.69) is 12.2 Å². The minimum absolute atomic E-state index is 0.0873. The Morgan fingerprint density at radius 2 is 2.27 bits per heavy atom. The lowest BCUT2D eigenvalue weighted by atomic mass is 9.76. The Kier molecular flexibility index (Phi) is 2.65. The second-order valence-corrected chi connectivity index (χ2v) is 4.58. The van der Waals surface area contributed by atoms with Crippen LogP contribution in [0.3, 0.4) is 0 Å². The van der Waals surface area contributed by atoms with Gasteiger partial charge < -0.3 is 11.1 Å². The Labute approximate surface area is 89.7 Å². The molecule has 1 atom stereocenters. The average Bonchev–Trinajstić information content (AvgIpc) is 2.18. The normalized spacial score (nSPS) is 26.5. The van der Waals surface area contributed by atoms with Gasteiger partial charge in [-0.25, -0.2) is 4.39 Å². The standard InChI is InChI=1S/C12H17FN2/c1-12(5-2-6-15-8-12)10-4-3-9(14)7-11(10)13/h3-4,7,15H,2,5-6,8,14H2,1H3.